The molecule has 2 aliphatic carbocycles. The van der Waals surface area contributed by atoms with Gasteiger partial charge in [-0.15, -0.1) is 0 Å². The first kappa shape index (κ1) is 16.9. The van der Waals surface area contributed by atoms with Gasteiger partial charge in [-0.05, 0) is 36.8 Å². The number of fused-ring (bicyclic) bond motifs is 1. The van der Waals surface area contributed by atoms with Crippen LogP contribution < -0.4 is 9.47 Å². The van der Waals surface area contributed by atoms with Gasteiger partial charge in [0, 0.05) is 30.0 Å². The van der Waals surface area contributed by atoms with Gasteiger partial charge in [0.1, 0.15) is 0 Å². The van der Waals surface area contributed by atoms with E-state index in [1.807, 2.05) is 11.0 Å². The molecule has 0 radical (unpaired) electrons. The van der Waals surface area contributed by atoms with Crippen LogP contribution in [0.2, 0.25) is 0 Å². The lowest BCUT2D eigenvalue weighted by Gasteiger charge is -2.60. The second-order valence-electron chi connectivity index (χ2n) is 8.51. The minimum Gasteiger partial charge on any atom is -0.493 e. The van der Waals surface area contributed by atoms with Crippen LogP contribution in [0, 0.1) is 5.92 Å². The van der Waals surface area contributed by atoms with Gasteiger partial charge in [0.05, 0.1) is 27.4 Å². The molecule has 1 aromatic rings. The molecule has 0 N–H and O–H groups in total. The van der Waals surface area contributed by atoms with E-state index in [-0.39, 0.29) is 23.7 Å². The third-order valence-electron chi connectivity index (χ3n) is 7.71. The minimum atomic E-state index is -0.701. The molecule has 28 heavy (non-hydrogen) atoms. The Bertz CT molecular complexity index is 850. The van der Waals surface area contributed by atoms with Crippen molar-refractivity contribution in [3.8, 4) is 11.5 Å². The van der Waals surface area contributed by atoms with Crippen LogP contribution in [0.15, 0.2) is 12.1 Å². The molecule has 2 bridgehead atoms. The smallest absolute Gasteiger partial charge is 0.409 e. The molecule has 5 aliphatic rings. The summed E-state index contributed by atoms with van der Waals surface area (Å²) in [7, 11) is 3.15. The SMILES string of the molecule is COC(=O)N1CC[C@]23c4c5ccc(OC)c4OC2C2(CCC3C1C5)OCCO2. The molecule has 1 aromatic carbocycles. The Labute approximate surface area is 163 Å². The van der Waals surface area contributed by atoms with Crippen LogP contribution in [0.5, 0.6) is 11.5 Å². The first-order valence-electron chi connectivity index (χ1n) is 10.1. The third-order valence-corrected chi connectivity index (χ3v) is 7.71. The van der Waals surface area contributed by atoms with Crippen LogP contribution in [0.3, 0.4) is 0 Å². The van der Waals surface area contributed by atoms with Gasteiger partial charge >= 0.3 is 6.09 Å². The van der Waals surface area contributed by atoms with Gasteiger partial charge in [-0.2, -0.15) is 0 Å². The number of likely N-dealkylation sites (tertiary alicyclic amines) is 1. The van der Waals surface area contributed by atoms with Crippen LogP contribution in [0.25, 0.3) is 0 Å². The van der Waals surface area contributed by atoms with Crippen molar-refractivity contribution in [3.05, 3.63) is 23.3 Å². The number of nitrogens with zero attached hydrogens (tertiary/aromatic N) is 1. The second kappa shape index (κ2) is 5.54. The quantitative estimate of drug-likeness (QED) is 0.736. The first-order valence-corrected chi connectivity index (χ1v) is 10.1. The number of hydrogen-bond acceptors (Lipinski definition) is 6. The predicted molar refractivity (Wildman–Crippen MR) is 97.7 cm³/mol. The standard InChI is InChI=1S/C21H25NO6/c1-24-15-4-3-12-11-14-13-5-6-21(26-9-10-27-21)18-20(13,16(12)17(15)28-18)7-8-22(14)19(23)25-2/h3-4,13-14,18H,5-11H2,1-2H3/t13?,14?,18?,20-/m0/s1. The van der Waals surface area contributed by atoms with E-state index in [2.05, 4.69) is 6.07 Å². The third kappa shape index (κ3) is 1.80. The van der Waals surface area contributed by atoms with Crippen molar-refractivity contribution in [3.63, 3.8) is 0 Å². The molecule has 3 heterocycles. The van der Waals surface area contributed by atoms with Crippen molar-refractivity contribution in [1.29, 1.82) is 0 Å². The summed E-state index contributed by atoms with van der Waals surface area (Å²) >= 11 is 0. The summed E-state index contributed by atoms with van der Waals surface area (Å²) in [6, 6.07) is 4.22. The van der Waals surface area contributed by atoms with Crippen molar-refractivity contribution in [2.24, 2.45) is 5.92 Å². The highest BCUT2D eigenvalue weighted by atomic mass is 16.8. The molecule has 7 nitrogen and oxygen atoms in total. The molecule has 1 amide bonds. The van der Waals surface area contributed by atoms with Crippen LogP contribution >= 0.6 is 0 Å². The summed E-state index contributed by atoms with van der Waals surface area (Å²) in [6.07, 6.45) is 2.90. The summed E-state index contributed by atoms with van der Waals surface area (Å²) in [5.41, 5.74) is 2.29. The van der Waals surface area contributed by atoms with Crippen LogP contribution in [-0.4, -0.2) is 62.9 Å². The fourth-order valence-corrected chi connectivity index (χ4v) is 6.78. The largest absolute Gasteiger partial charge is 0.493 e. The summed E-state index contributed by atoms with van der Waals surface area (Å²) in [4.78, 5) is 14.4. The zero-order valence-electron chi connectivity index (χ0n) is 16.2. The number of carbonyl (C=O) groups is 1. The van der Waals surface area contributed by atoms with Gasteiger partial charge in [-0.25, -0.2) is 4.79 Å². The number of hydrogen-bond donors (Lipinski definition) is 0. The summed E-state index contributed by atoms with van der Waals surface area (Å²) in [5.74, 6) is 1.21. The molecule has 0 aromatic heterocycles. The molecule has 150 valence electrons. The van der Waals surface area contributed by atoms with Crippen LogP contribution in [0.4, 0.5) is 4.79 Å². The fourth-order valence-electron chi connectivity index (χ4n) is 6.78. The number of amides is 1. The Morgan fingerprint density at radius 1 is 1.21 bits per heavy atom. The lowest BCUT2D eigenvalue weighted by atomic mass is 9.50. The zero-order chi connectivity index (χ0) is 19.1. The minimum absolute atomic E-state index is 0.109. The maximum Gasteiger partial charge on any atom is 0.409 e. The van der Waals surface area contributed by atoms with Crippen LogP contribution in [0.1, 0.15) is 30.4 Å². The number of benzene rings is 1. The number of ether oxygens (including phenoxy) is 5. The second-order valence-corrected chi connectivity index (χ2v) is 8.51. The number of carbonyl (C=O) groups excluding carboxylic acids is 1. The molecule has 3 aliphatic heterocycles. The van der Waals surface area contributed by atoms with Crippen molar-refractivity contribution in [1.82, 2.24) is 4.90 Å². The van der Waals surface area contributed by atoms with E-state index >= 15 is 0 Å². The van der Waals surface area contributed by atoms with Gasteiger partial charge in [-0.3, -0.25) is 0 Å². The Hall–Kier alpha value is -1.99. The van der Waals surface area contributed by atoms with Gasteiger partial charge in [-0.1, -0.05) is 6.07 Å². The van der Waals surface area contributed by atoms with Gasteiger partial charge in [0.2, 0.25) is 5.79 Å². The van der Waals surface area contributed by atoms with E-state index in [1.54, 1.807) is 7.11 Å². The monoisotopic (exact) mass is 387 g/mol. The lowest BCUT2D eigenvalue weighted by Crippen LogP contribution is -2.70. The maximum atomic E-state index is 12.5. The Balaban J connectivity index is 1.56. The number of piperidine rings is 1. The maximum absolute atomic E-state index is 12.5. The highest BCUT2D eigenvalue weighted by molar-refractivity contribution is 5.70. The van der Waals surface area contributed by atoms with E-state index in [9.17, 15) is 4.79 Å². The zero-order valence-corrected chi connectivity index (χ0v) is 16.2. The molecule has 3 fully saturated rings. The van der Waals surface area contributed by atoms with Crippen molar-refractivity contribution >= 4 is 6.09 Å². The molecule has 3 unspecified atom stereocenters. The van der Waals surface area contributed by atoms with Crippen LogP contribution in [-0.2, 0) is 26.0 Å². The average molecular weight is 387 g/mol. The van der Waals surface area contributed by atoms with Gasteiger partial charge < -0.3 is 28.6 Å². The predicted octanol–water partition coefficient (Wildman–Crippen LogP) is 2.24. The molecule has 2 spiro atoms. The molecule has 4 atom stereocenters. The molecule has 1 saturated carbocycles. The number of rotatable bonds is 1. The van der Waals surface area contributed by atoms with Gasteiger partial charge in [0.25, 0.3) is 0 Å². The van der Waals surface area contributed by atoms with Crippen molar-refractivity contribution in [2.45, 2.75) is 49.0 Å². The average Bonchev–Trinajstić information content (AvgIpc) is 3.32. The van der Waals surface area contributed by atoms with Gasteiger partial charge in [0.15, 0.2) is 17.6 Å². The first-order chi connectivity index (χ1) is 13.6. The topological polar surface area (TPSA) is 66.5 Å². The van der Waals surface area contributed by atoms with E-state index in [4.69, 9.17) is 23.7 Å². The number of methoxy groups -OCH3 is 2. The Kier molecular flexibility index (Phi) is 3.35. The molecule has 6 rings (SSSR count). The molecular weight excluding hydrogens is 362 g/mol. The summed E-state index contributed by atoms with van der Waals surface area (Å²) in [6.45, 7) is 1.84. The highest BCUT2D eigenvalue weighted by Gasteiger charge is 2.71. The summed E-state index contributed by atoms with van der Waals surface area (Å²) < 4.78 is 29.8. The van der Waals surface area contributed by atoms with E-state index in [0.717, 1.165) is 37.2 Å². The highest BCUT2D eigenvalue weighted by Crippen LogP contribution is 2.66. The normalized spacial score (nSPS) is 36.1. The molecule has 2 saturated heterocycles. The molecular formula is C21H25NO6. The Morgan fingerprint density at radius 3 is 2.79 bits per heavy atom. The Morgan fingerprint density at radius 2 is 2.04 bits per heavy atom. The lowest BCUT2D eigenvalue weighted by molar-refractivity contribution is -0.260. The van der Waals surface area contributed by atoms with E-state index < -0.39 is 5.79 Å². The van der Waals surface area contributed by atoms with Crippen molar-refractivity contribution in [2.75, 3.05) is 34.0 Å². The summed E-state index contributed by atoms with van der Waals surface area (Å²) in [5, 5.41) is 0. The van der Waals surface area contributed by atoms with E-state index in [0.29, 0.717) is 25.7 Å². The van der Waals surface area contributed by atoms with Crippen molar-refractivity contribution < 1.29 is 28.5 Å². The fraction of sp³-hybridized carbons (Fsp3) is 0.667. The molecule has 7 heteroatoms. The van der Waals surface area contributed by atoms with E-state index in [1.165, 1.54) is 18.2 Å².